The van der Waals surface area contributed by atoms with E-state index in [4.69, 9.17) is 0 Å². The molecule has 94 valence electrons. The number of aliphatic hydroxyl groups excluding tert-OH is 2. The van der Waals surface area contributed by atoms with Gasteiger partial charge in [-0.1, -0.05) is 12.1 Å². The van der Waals surface area contributed by atoms with E-state index in [9.17, 15) is 18.6 Å². The fourth-order valence-corrected chi connectivity index (χ4v) is 4.16. The summed E-state index contributed by atoms with van der Waals surface area (Å²) >= 11 is 3.18. The fourth-order valence-electron chi connectivity index (χ4n) is 1.72. The van der Waals surface area contributed by atoms with Crippen molar-refractivity contribution in [3.8, 4) is 0 Å². The fraction of sp³-hybridized carbons (Fsp3) is 0.400. The second kappa shape index (κ2) is 4.66. The number of hydrogen-bond acceptors (Lipinski definition) is 4. The predicted molar refractivity (Wildman–Crippen MR) is 64.9 cm³/mol. The minimum Gasteiger partial charge on any atom is -0.389 e. The van der Waals surface area contributed by atoms with Crippen LogP contribution in [0.5, 0.6) is 0 Å². The quantitative estimate of drug-likeness (QED) is 0.814. The average molecular weight is 322 g/mol. The number of sulfonamides is 1. The minimum absolute atomic E-state index is 0.0785. The van der Waals surface area contributed by atoms with Gasteiger partial charge in [-0.15, -0.1) is 0 Å². The zero-order valence-corrected chi connectivity index (χ0v) is 11.2. The average Bonchev–Trinajstić information content (AvgIpc) is 2.60. The Kier molecular flexibility index (Phi) is 3.55. The van der Waals surface area contributed by atoms with Crippen molar-refractivity contribution in [1.29, 1.82) is 0 Å². The molecule has 2 atom stereocenters. The highest BCUT2D eigenvalue weighted by molar-refractivity contribution is 9.10. The van der Waals surface area contributed by atoms with Crippen molar-refractivity contribution >= 4 is 26.0 Å². The molecule has 0 aliphatic carbocycles. The Labute approximate surface area is 108 Å². The molecule has 0 amide bonds. The number of β-amino-alcohol motifs (C(OH)–C–C–N with tert-alkyl or cyclic N) is 2. The van der Waals surface area contributed by atoms with Gasteiger partial charge in [0.15, 0.2) is 0 Å². The summed E-state index contributed by atoms with van der Waals surface area (Å²) in [6, 6.07) is 6.46. The third-order valence-corrected chi connectivity index (χ3v) is 5.52. The number of halogens is 1. The molecule has 1 aliphatic heterocycles. The number of rotatable bonds is 2. The van der Waals surface area contributed by atoms with Gasteiger partial charge in [0.05, 0.1) is 17.1 Å². The van der Waals surface area contributed by atoms with E-state index in [1.165, 1.54) is 6.07 Å². The molecule has 0 radical (unpaired) electrons. The maximum absolute atomic E-state index is 12.2. The minimum atomic E-state index is -3.67. The number of nitrogens with zero attached hydrogens (tertiary/aromatic N) is 1. The Hall–Kier alpha value is -0.470. The first-order chi connectivity index (χ1) is 7.93. The lowest BCUT2D eigenvalue weighted by molar-refractivity contribution is 0.0572. The normalized spacial score (nSPS) is 26.3. The molecule has 1 saturated heterocycles. The summed E-state index contributed by atoms with van der Waals surface area (Å²) in [6.45, 7) is -0.157. The molecule has 0 saturated carbocycles. The van der Waals surface area contributed by atoms with Crippen LogP contribution in [0.15, 0.2) is 33.6 Å². The van der Waals surface area contributed by atoms with Crippen molar-refractivity contribution in [2.75, 3.05) is 13.1 Å². The van der Waals surface area contributed by atoms with Crippen molar-refractivity contribution in [1.82, 2.24) is 4.31 Å². The molecule has 2 rings (SSSR count). The topological polar surface area (TPSA) is 77.8 Å². The predicted octanol–water partition coefficient (Wildman–Crippen LogP) is 0.175. The first-order valence-electron chi connectivity index (χ1n) is 5.04. The summed E-state index contributed by atoms with van der Waals surface area (Å²) < 4.78 is 26.0. The van der Waals surface area contributed by atoms with Crippen LogP contribution in [0.25, 0.3) is 0 Å². The SMILES string of the molecule is O=S(=O)(c1ccccc1Br)N1C[C@@H](O)[C@H](O)C1. The van der Waals surface area contributed by atoms with E-state index < -0.39 is 22.2 Å². The summed E-state index contributed by atoms with van der Waals surface area (Å²) in [4.78, 5) is 0.140. The van der Waals surface area contributed by atoms with Crippen LogP contribution in [0.4, 0.5) is 0 Å². The zero-order chi connectivity index (χ0) is 12.6. The Balaban J connectivity index is 2.36. The van der Waals surface area contributed by atoms with Gasteiger partial charge in [-0.05, 0) is 28.1 Å². The molecule has 1 aromatic rings. The van der Waals surface area contributed by atoms with E-state index in [2.05, 4.69) is 15.9 Å². The molecular weight excluding hydrogens is 310 g/mol. The molecule has 0 spiro atoms. The van der Waals surface area contributed by atoms with Crippen molar-refractivity contribution in [3.05, 3.63) is 28.7 Å². The molecule has 0 bridgehead atoms. The van der Waals surface area contributed by atoms with Crippen LogP contribution < -0.4 is 0 Å². The van der Waals surface area contributed by atoms with Gasteiger partial charge < -0.3 is 10.2 Å². The van der Waals surface area contributed by atoms with Gasteiger partial charge in [0.25, 0.3) is 0 Å². The smallest absolute Gasteiger partial charge is 0.244 e. The Bertz CT molecular complexity index is 509. The van der Waals surface area contributed by atoms with Crippen molar-refractivity contribution in [2.45, 2.75) is 17.1 Å². The highest BCUT2D eigenvalue weighted by Crippen LogP contribution is 2.27. The van der Waals surface area contributed by atoms with Crippen LogP contribution in [0.2, 0.25) is 0 Å². The first kappa shape index (κ1) is 13.0. The Morgan fingerprint density at radius 3 is 2.24 bits per heavy atom. The van der Waals surface area contributed by atoms with Crippen LogP contribution >= 0.6 is 15.9 Å². The maximum Gasteiger partial charge on any atom is 0.244 e. The van der Waals surface area contributed by atoms with Crippen molar-refractivity contribution in [2.24, 2.45) is 0 Å². The van der Waals surface area contributed by atoms with Gasteiger partial charge in [0.1, 0.15) is 0 Å². The lowest BCUT2D eigenvalue weighted by atomic mass is 10.3. The number of hydrogen-bond donors (Lipinski definition) is 2. The van der Waals surface area contributed by atoms with Gasteiger partial charge >= 0.3 is 0 Å². The molecule has 0 aromatic heterocycles. The molecule has 1 heterocycles. The van der Waals surface area contributed by atoms with Gasteiger partial charge in [0.2, 0.25) is 10.0 Å². The summed E-state index contributed by atoms with van der Waals surface area (Å²) in [5.41, 5.74) is 0. The van der Waals surface area contributed by atoms with Crippen LogP contribution in [0, 0.1) is 0 Å². The molecule has 1 fully saturated rings. The van der Waals surface area contributed by atoms with E-state index >= 15 is 0 Å². The van der Waals surface area contributed by atoms with Crippen molar-refractivity contribution < 1.29 is 18.6 Å². The van der Waals surface area contributed by atoms with Gasteiger partial charge in [-0.25, -0.2) is 8.42 Å². The van der Waals surface area contributed by atoms with E-state index in [0.717, 1.165) is 4.31 Å². The number of benzene rings is 1. The lowest BCUT2D eigenvalue weighted by Gasteiger charge is -2.16. The summed E-state index contributed by atoms with van der Waals surface area (Å²) in [6.07, 6.45) is -2.04. The van der Waals surface area contributed by atoms with Gasteiger partial charge in [0, 0.05) is 17.6 Å². The molecular formula is C10H12BrNO4S. The molecule has 1 aliphatic rings. The third kappa shape index (κ3) is 2.38. The molecule has 0 unspecified atom stereocenters. The molecule has 1 aromatic carbocycles. The lowest BCUT2D eigenvalue weighted by Crippen LogP contribution is -2.30. The third-order valence-electron chi connectivity index (χ3n) is 2.68. The van der Waals surface area contributed by atoms with Crippen LogP contribution in [-0.4, -0.2) is 48.2 Å². The second-order valence-electron chi connectivity index (χ2n) is 3.89. The van der Waals surface area contributed by atoms with E-state index in [1.807, 2.05) is 0 Å². The number of aliphatic hydroxyl groups is 2. The maximum atomic E-state index is 12.2. The Morgan fingerprint density at radius 1 is 1.18 bits per heavy atom. The Morgan fingerprint density at radius 2 is 1.71 bits per heavy atom. The molecule has 5 nitrogen and oxygen atoms in total. The van der Waals surface area contributed by atoms with E-state index in [1.54, 1.807) is 18.2 Å². The molecule has 7 heteroatoms. The molecule has 17 heavy (non-hydrogen) atoms. The second-order valence-corrected chi connectivity index (χ2v) is 6.65. The van der Waals surface area contributed by atoms with Crippen LogP contribution in [-0.2, 0) is 10.0 Å². The van der Waals surface area contributed by atoms with Gasteiger partial charge in [-0.3, -0.25) is 0 Å². The largest absolute Gasteiger partial charge is 0.389 e. The summed E-state index contributed by atoms with van der Waals surface area (Å²) in [5, 5.41) is 18.8. The first-order valence-corrected chi connectivity index (χ1v) is 7.27. The van der Waals surface area contributed by atoms with Gasteiger partial charge in [-0.2, -0.15) is 4.31 Å². The highest BCUT2D eigenvalue weighted by atomic mass is 79.9. The summed E-state index contributed by atoms with van der Waals surface area (Å²) in [5.74, 6) is 0. The van der Waals surface area contributed by atoms with Crippen LogP contribution in [0.3, 0.4) is 0 Å². The van der Waals surface area contributed by atoms with Crippen LogP contribution in [0.1, 0.15) is 0 Å². The van der Waals surface area contributed by atoms with E-state index in [0.29, 0.717) is 4.47 Å². The summed E-state index contributed by atoms with van der Waals surface area (Å²) in [7, 11) is -3.67. The monoisotopic (exact) mass is 321 g/mol. The molecule has 2 N–H and O–H groups in total. The highest BCUT2D eigenvalue weighted by Gasteiger charge is 2.38. The standard InChI is InChI=1S/C10H12BrNO4S/c11-7-3-1-2-4-10(7)17(15,16)12-5-8(13)9(14)6-12/h1-4,8-9,13-14H,5-6H2/t8-,9-/m1/s1. The zero-order valence-electron chi connectivity index (χ0n) is 8.82. The van der Waals surface area contributed by atoms with E-state index in [-0.39, 0.29) is 18.0 Å². The van der Waals surface area contributed by atoms with Crippen molar-refractivity contribution in [3.63, 3.8) is 0 Å².